The molecule has 2 N–H and O–H groups in total. The summed E-state index contributed by atoms with van der Waals surface area (Å²) in [5.74, 6) is 0.799. The third-order valence-corrected chi connectivity index (χ3v) is 5.32. The van der Waals surface area contributed by atoms with Crippen LogP contribution in [0.5, 0.6) is 0 Å². The van der Waals surface area contributed by atoms with E-state index < -0.39 is 10.8 Å². The number of amides is 2. The van der Waals surface area contributed by atoms with Crippen molar-refractivity contribution in [3.05, 3.63) is 50.2 Å². The lowest BCUT2D eigenvalue weighted by Crippen LogP contribution is -2.29. The first-order valence-electron chi connectivity index (χ1n) is 8.59. The lowest BCUT2D eigenvalue weighted by atomic mass is 10.1. The molecule has 0 saturated heterocycles. The van der Waals surface area contributed by atoms with Crippen LogP contribution < -0.4 is 10.6 Å². The van der Waals surface area contributed by atoms with Gasteiger partial charge >= 0.3 is 0 Å². The molecule has 0 spiro atoms. The molecule has 1 aliphatic rings. The Kier molecular flexibility index (Phi) is 6.20. The number of aromatic nitrogens is 2. The first-order chi connectivity index (χ1) is 13.4. The van der Waals surface area contributed by atoms with Crippen LogP contribution in [0.3, 0.4) is 0 Å². The standard InChI is InChI=1S/C17H18ClN5O4S/c1-2-5-19-15(24)7-22-16(12-8-28-9-13(12)21-22)20-17(25)11-6-10(18)3-4-14(11)23(26)27/h3-4,6H,2,5,7-9H2,1H3,(H,19,24)(H,20,25). The molecule has 2 amide bonds. The van der Waals surface area contributed by atoms with Gasteiger partial charge in [-0.25, -0.2) is 4.68 Å². The molecule has 28 heavy (non-hydrogen) atoms. The van der Waals surface area contributed by atoms with E-state index in [1.807, 2.05) is 6.92 Å². The molecule has 0 unspecified atom stereocenters. The summed E-state index contributed by atoms with van der Waals surface area (Å²) in [5, 5.41) is 21.3. The van der Waals surface area contributed by atoms with Crippen LogP contribution in [0.1, 0.15) is 35.0 Å². The second kappa shape index (κ2) is 8.61. The molecule has 3 rings (SSSR count). The van der Waals surface area contributed by atoms with E-state index in [1.165, 1.54) is 22.9 Å². The largest absolute Gasteiger partial charge is 0.355 e. The fraction of sp³-hybridized carbons (Fsp3) is 0.353. The minimum Gasteiger partial charge on any atom is -0.355 e. The van der Waals surface area contributed by atoms with Crippen LogP contribution >= 0.6 is 23.4 Å². The van der Waals surface area contributed by atoms with Crippen molar-refractivity contribution < 1.29 is 14.5 Å². The zero-order valence-electron chi connectivity index (χ0n) is 15.0. The molecule has 0 saturated carbocycles. The van der Waals surface area contributed by atoms with Gasteiger partial charge < -0.3 is 10.6 Å². The summed E-state index contributed by atoms with van der Waals surface area (Å²) in [5.41, 5.74) is 1.12. The smallest absolute Gasteiger partial charge is 0.282 e. The molecule has 2 heterocycles. The van der Waals surface area contributed by atoms with Gasteiger partial charge in [-0.15, -0.1) is 0 Å². The van der Waals surface area contributed by atoms with E-state index in [0.717, 1.165) is 17.7 Å². The van der Waals surface area contributed by atoms with Crippen LogP contribution in [0.15, 0.2) is 18.2 Å². The van der Waals surface area contributed by atoms with Gasteiger partial charge in [0.15, 0.2) is 0 Å². The van der Waals surface area contributed by atoms with E-state index in [0.29, 0.717) is 23.9 Å². The third kappa shape index (κ3) is 4.28. The molecule has 2 aromatic rings. The molecular formula is C17H18ClN5O4S. The van der Waals surface area contributed by atoms with Crippen molar-refractivity contribution in [1.29, 1.82) is 0 Å². The summed E-state index contributed by atoms with van der Waals surface area (Å²) in [6, 6.07) is 3.79. The van der Waals surface area contributed by atoms with Crippen LogP contribution in [0.25, 0.3) is 0 Å². The number of nitrogens with zero attached hydrogens (tertiary/aromatic N) is 3. The van der Waals surface area contributed by atoms with Crippen molar-refractivity contribution in [3.63, 3.8) is 0 Å². The van der Waals surface area contributed by atoms with Crippen molar-refractivity contribution in [2.24, 2.45) is 0 Å². The van der Waals surface area contributed by atoms with E-state index in [9.17, 15) is 19.7 Å². The van der Waals surface area contributed by atoms with Crippen LogP contribution in [-0.4, -0.2) is 33.1 Å². The van der Waals surface area contributed by atoms with Crippen LogP contribution in [-0.2, 0) is 22.8 Å². The fourth-order valence-electron chi connectivity index (χ4n) is 2.80. The number of nitro groups is 1. The van der Waals surface area contributed by atoms with Crippen molar-refractivity contribution in [3.8, 4) is 0 Å². The summed E-state index contributed by atoms with van der Waals surface area (Å²) in [6.07, 6.45) is 0.806. The van der Waals surface area contributed by atoms with E-state index in [1.54, 1.807) is 11.8 Å². The van der Waals surface area contributed by atoms with Gasteiger partial charge in [0.05, 0.1) is 10.6 Å². The highest BCUT2D eigenvalue weighted by molar-refractivity contribution is 7.98. The Morgan fingerprint density at radius 3 is 2.89 bits per heavy atom. The zero-order chi connectivity index (χ0) is 20.3. The van der Waals surface area contributed by atoms with E-state index >= 15 is 0 Å². The fourth-order valence-corrected chi connectivity index (χ4v) is 4.01. The molecule has 11 heteroatoms. The van der Waals surface area contributed by atoms with Crippen molar-refractivity contribution in [2.45, 2.75) is 31.4 Å². The number of hydrogen-bond donors (Lipinski definition) is 2. The van der Waals surface area contributed by atoms with Gasteiger partial charge in [0, 0.05) is 34.7 Å². The van der Waals surface area contributed by atoms with Gasteiger partial charge in [-0.3, -0.25) is 19.7 Å². The molecule has 1 aliphatic heterocycles. The van der Waals surface area contributed by atoms with Gasteiger partial charge in [0.1, 0.15) is 17.9 Å². The SMILES string of the molecule is CCCNC(=O)Cn1nc2c(c1NC(=O)c1cc(Cl)ccc1[N+](=O)[O-])CSC2. The van der Waals surface area contributed by atoms with E-state index in [-0.39, 0.29) is 28.7 Å². The molecule has 0 atom stereocenters. The topological polar surface area (TPSA) is 119 Å². The second-order valence-corrected chi connectivity index (χ2v) is 7.57. The molecule has 0 fully saturated rings. The Labute approximate surface area is 170 Å². The van der Waals surface area contributed by atoms with E-state index in [4.69, 9.17) is 11.6 Å². The van der Waals surface area contributed by atoms with Gasteiger partial charge in [-0.05, 0) is 18.6 Å². The Hall–Kier alpha value is -2.59. The van der Waals surface area contributed by atoms with E-state index in [2.05, 4.69) is 15.7 Å². The number of rotatable bonds is 7. The first-order valence-corrected chi connectivity index (χ1v) is 10.1. The lowest BCUT2D eigenvalue weighted by Gasteiger charge is -2.11. The molecule has 0 aliphatic carbocycles. The number of hydrogen-bond acceptors (Lipinski definition) is 6. The summed E-state index contributed by atoms with van der Waals surface area (Å²) < 4.78 is 1.43. The zero-order valence-corrected chi connectivity index (χ0v) is 16.6. The molecule has 1 aromatic heterocycles. The number of nitro benzene ring substituents is 1. The van der Waals surface area contributed by atoms with Gasteiger partial charge in [0.2, 0.25) is 5.91 Å². The highest BCUT2D eigenvalue weighted by Gasteiger charge is 2.27. The quantitative estimate of drug-likeness (QED) is 0.522. The number of anilines is 1. The summed E-state index contributed by atoms with van der Waals surface area (Å²) in [7, 11) is 0. The van der Waals surface area contributed by atoms with Crippen LogP contribution in [0.4, 0.5) is 11.5 Å². The maximum atomic E-state index is 12.8. The Bertz CT molecular complexity index is 946. The maximum absolute atomic E-state index is 12.8. The molecular weight excluding hydrogens is 406 g/mol. The molecule has 9 nitrogen and oxygen atoms in total. The number of benzene rings is 1. The average molecular weight is 424 g/mol. The molecule has 0 bridgehead atoms. The van der Waals surface area contributed by atoms with Crippen molar-refractivity contribution >= 4 is 46.7 Å². The molecule has 0 radical (unpaired) electrons. The monoisotopic (exact) mass is 423 g/mol. The highest BCUT2D eigenvalue weighted by Crippen LogP contribution is 2.35. The average Bonchev–Trinajstić information content (AvgIpc) is 3.22. The Morgan fingerprint density at radius 2 is 2.18 bits per heavy atom. The lowest BCUT2D eigenvalue weighted by molar-refractivity contribution is -0.385. The normalized spacial score (nSPS) is 12.5. The van der Waals surface area contributed by atoms with Crippen LogP contribution in [0, 0.1) is 10.1 Å². The highest BCUT2D eigenvalue weighted by atomic mass is 35.5. The van der Waals surface area contributed by atoms with Gasteiger partial charge in [-0.1, -0.05) is 18.5 Å². The summed E-state index contributed by atoms with van der Waals surface area (Å²) in [6.45, 7) is 2.44. The third-order valence-electron chi connectivity index (χ3n) is 4.12. The molecule has 148 valence electrons. The molecule has 1 aromatic carbocycles. The van der Waals surface area contributed by atoms with Crippen LogP contribution in [0.2, 0.25) is 5.02 Å². The number of nitrogens with one attached hydrogen (secondary N) is 2. The number of carbonyl (C=O) groups excluding carboxylic acids is 2. The first kappa shape index (κ1) is 20.2. The number of halogens is 1. The Morgan fingerprint density at radius 1 is 1.39 bits per heavy atom. The summed E-state index contributed by atoms with van der Waals surface area (Å²) in [4.78, 5) is 35.5. The number of fused-ring (bicyclic) bond motifs is 1. The van der Waals surface area contributed by atoms with Gasteiger partial charge in [-0.2, -0.15) is 16.9 Å². The predicted octanol–water partition coefficient (Wildman–Crippen LogP) is 2.97. The minimum atomic E-state index is -0.677. The predicted molar refractivity (Wildman–Crippen MR) is 107 cm³/mol. The van der Waals surface area contributed by atoms with Gasteiger partial charge in [0.25, 0.3) is 11.6 Å². The number of thioether (sulfide) groups is 1. The second-order valence-electron chi connectivity index (χ2n) is 6.15. The van der Waals surface area contributed by atoms with Crippen molar-refractivity contribution in [2.75, 3.05) is 11.9 Å². The van der Waals surface area contributed by atoms with Crippen molar-refractivity contribution in [1.82, 2.24) is 15.1 Å². The minimum absolute atomic E-state index is 0.0507. The Balaban J connectivity index is 1.90. The number of carbonyl (C=O) groups is 2. The summed E-state index contributed by atoms with van der Waals surface area (Å²) >= 11 is 7.55. The maximum Gasteiger partial charge on any atom is 0.282 e.